The second kappa shape index (κ2) is 8.67. The number of ether oxygens (including phenoxy) is 2. The van der Waals surface area contributed by atoms with E-state index in [2.05, 4.69) is 5.16 Å². The van der Waals surface area contributed by atoms with Gasteiger partial charge in [0.1, 0.15) is 22.1 Å². The number of benzene rings is 2. The van der Waals surface area contributed by atoms with Crippen LogP contribution < -0.4 is 9.47 Å². The molecule has 0 aliphatic carbocycles. The maximum Gasteiger partial charge on any atom is 0.249 e. The lowest BCUT2D eigenvalue weighted by molar-refractivity contribution is 0.384. The molecule has 1 heterocycles. The summed E-state index contributed by atoms with van der Waals surface area (Å²) in [6.45, 7) is 3.62. The fourth-order valence-corrected chi connectivity index (χ4v) is 4.77. The number of nitrogens with zero attached hydrogens (tertiary/aromatic N) is 2. The van der Waals surface area contributed by atoms with Crippen LogP contribution in [0, 0.1) is 13.8 Å². The average Bonchev–Trinajstić information content (AvgIpc) is 3.07. The van der Waals surface area contributed by atoms with Gasteiger partial charge in [-0.1, -0.05) is 29.4 Å². The molecule has 0 atom stereocenters. The fourth-order valence-electron chi connectivity index (χ4n) is 3.07. The van der Waals surface area contributed by atoms with Crippen LogP contribution in [-0.2, 0) is 23.1 Å². The summed E-state index contributed by atoms with van der Waals surface area (Å²) in [6.07, 6.45) is 0. The lowest BCUT2D eigenvalue weighted by atomic mass is 10.2. The van der Waals surface area contributed by atoms with E-state index < -0.39 is 10.0 Å². The number of rotatable bonds is 8. The predicted molar refractivity (Wildman–Crippen MR) is 108 cm³/mol. The van der Waals surface area contributed by atoms with Crippen molar-refractivity contribution in [3.05, 3.63) is 71.1 Å². The molecule has 0 aliphatic rings. The second-order valence-electron chi connectivity index (χ2n) is 6.62. The zero-order valence-electron chi connectivity index (χ0n) is 16.9. The van der Waals surface area contributed by atoms with Crippen LogP contribution in [0.3, 0.4) is 0 Å². The van der Waals surface area contributed by atoms with Crippen LogP contribution in [0.1, 0.15) is 22.6 Å². The molecule has 3 aromatic rings. The van der Waals surface area contributed by atoms with Gasteiger partial charge in [-0.15, -0.1) is 0 Å². The van der Waals surface area contributed by atoms with Crippen LogP contribution in [0.25, 0.3) is 0 Å². The van der Waals surface area contributed by atoms with Crippen molar-refractivity contribution in [2.24, 2.45) is 0 Å². The minimum Gasteiger partial charge on any atom is -0.497 e. The number of hydrogen-bond donors (Lipinski definition) is 0. The molecule has 0 saturated carbocycles. The maximum atomic E-state index is 13.5. The summed E-state index contributed by atoms with van der Waals surface area (Å²) in [5.74, 6) is 1.70. The minimum atomic E-state index is -3.83. The smallest absolute Gasteiger partial charge is 0.249 e. The van der Waals surface area contributed by atoms with Gasteiger partial charge in [0.05, 0.1) is 14.2 Å². The molecule has 1 aromatic heterocycles. The van der Waals surface area contributed by atoms with Gasteiger partial charge in [0.25, 0.3) is 0 Å². The van der Waals surface area contributed by atoms with E-state index in [4.69, 9.17) is 14.0 Å². The Balaban J connectivity index is 1.97. The van der Waals surface area contributed by atoms with Crippen LogP contribution in [0.5, 0.6) is 11.5 Å². The molecule has 3 rings (SSSR count). The molecule has 0 aliphatic heterocycles. The first-order valence-corrected chi connectivity index (χ1v) is 10.5. The molecule has 7 nitrogen and oxygen atoms in total. The SMILES string of the molecule is COc1ccc(CN(Cc2ccc(OC)cc2)S(=O)(=O)c2c(C)noc2C)cc1. The molecule has 154 valence electrons. The van der Waals surface area contributed by atoms with Crippen molar-refractivity contribution in [2.45, 2.75) is 31.8 Å². The van der Waals surface area contributed by atoms with Crippen LogP contribution >= 0.6 is 0 Å². The van der Waals surface area contributed by atoms with Crippen molar-refractivity contribution in [1.82, 2.24) is 9.46 Å². The highest BCUT2D eigenvalue weighted by molar-refractivity contribution is 7.89. The third-order valence-corrected chi connectivity index (χ3v) is 6.64. The molecule has 0 fully saturated rings. The number of hydrogen-bond acceptors (Lipinski definition) is 6. The molecule has 0 spiro atoms. The van der Waals surface area contributed by atoms with E-state index in [1.54, 1.807) is 28.1 Å². The Morgan fingerprint density at radius 1 is 0.862 bits per heavy atom. The van der Waals surface area contributed by atoms with Gasteiger partial charge < -0.3 is 14.0 Å². The molecule has 8 heteroatoms. The fraction of sp³-hybridized carbons (Fsp3) is 0.286. The number of sulfonamides is 1. The molecule has 0 saturated heterocycles. The van der Waals surface area contributed by atoms with Gasteiger partial charge >= 0.3 is 0 Å². The van der Waals surface area contributed by atoms with Gasteiger partial charge in [-0.3, -0.25) is 0 Å². The summed E-state index contributed by atoms with van der Waals surface area (Å²) in [4.78, 5) is 0.111. The molecule has 2 aromatic carbocycles. The number of aromatic nitrogens is 1. The molecule has 0 unspecified atom stereocenters. The van der Waals surface area contributed by atoms with Crippen LogP contribution in [0.15, 0.2) is 57.9 Å². The van der Waals surface area contributed by atoms with E-state index >= 15 is 0 Å². The highest BCUT2D eigenvalue weighted by atomic mass is 32.2. The molecule has 0 N–H and O–H groups in total. The van der Waals surface area contributed by atoms with Gasteiger partial charge in [0.15, 0.2) is 5.76 Å². The third-order valence-electron chi connectivity index (χ3n) is 4.60. The summed E-state index contributed by atoms with van der Waals surface area (Å²) < 4.78 is 43.8. The molecular formula is C21H24N2O5S. The first-order valence-electron chi connectivity index (χ1n) is 9.04. The summed E-state index contributed by atoms with van der Waals surface area (Å²) in [6, 6.07) is 14.6. The highest BCUT2D eigenvalue weighted by Gasteiger charge is 2.31. The van der Waals surface area contributed by atoms with E-state index in [1.807, 2.05) is 48.5 Å². The largest absolute Gasteiger partial charge is 0.497 e. The quantitative estimate of drug-likeness (QED) is 0.557. The van der Waals surface area contributed by atoms with E-state index in [0.29, 0.717) is 17.2 Å². The van der Waals surface area contributed by atoms with Gasteiger partial charge in [-0.25, -0.2) is 8.42 Å². The van der Waals surface area contributed by atoms with Crippen LogP contribution in [0.4, 0.5) is 0 Å². The second-order valence-corrected chi connectivity index (χ2v) is 8.50. The van der Waals surface area contributed by atoms with Crippen LogP contribution in [0.2, 0.25) is 0 Å². The first kappa shape index (κ1) is 20.9. The molecule has 29 heavy (non-hydrogen) atoms. The van der Waals surface area contributed by atoms with Crippen molar-refractivity contribution >= 4 is 10.0 Å². The summed E-state index contributed by atoms with van der Waals surface area (Å²) in [5.41, 5.74) is 2.03. The minimum absolute atomic E-state index is 0.111. The molecular weight excluding hydrogens is 392 g/mol. The first-order chi connectivity index (χ1) is 13.8. The summed E-state index contributed by atoms with van der Waals surface area (Å²) in [7, 11) is -0.652. The van der Waals surface area contributed by atoms with Gasteiger partial charge in [-0.2, -0.15) is 4.31 Å². The normalized spacial score (nSPS) is 11.6. The molecule has 0 amide bonds. The van der Waals surface area contributed by atoms with E-state index in [0.717, 1.165) is 11.1 Å². The van der Waals surface area contributed by atoms with Crippen molar-refractivity contribution < 1.29 is 22.4 Å². The standard InChI is InChI=1S/C21H24N2O5S/c1-15-21(16(2)28-22-15)29(24,25)23(13-17-5-9-19(26-3)10-6-17)14-18-7-11-20(27-4)12-8-18/h5-12H,13-14H2,1-4H3. The number of methoxy groups -OCH3 is 2. The highest BCUT2D eigenvalue weighted by Crippen LogP contribution is 2.27. The van der Waals surface area contributed by atoms with Crippen molar-refractivity contribution in [1.29, 1.82) is 0 Å². The Morgan fingerprint density at radius 2 is 1.31 bits per heavy atom. The lowest BCUT2D eigenvalue weighted by Crippen LogP contribution is -2.31. The monoisotopic (exact) mass is 416 g/mol. The summed E-state index contributed by atoms with van der Waals surface area (Å²) >= 11 is 0. The average molecular weight is 416 g/mol. The Labute approximate surface area is 170 Å². The van der Waals surface area contributed by atoms with E-state index in [-0.39, 0.29) is 23.7 Å². The summed E-state index contributed by atoms with van der Waals surface area (Å²) in [5, 5.41) is 3.81. The van der Waals surface area contributed by atoms with Gasteiger partial charge in [0, 0.05) is 13.1 Å². The van der Waals surface area contributed by atoms with Gasteiger partial charge in [0.2, 0.25) is 10.0 Å². The van der Waals surface area contributed by atoms with Crippen molar-refractivity contribution in [3.63, 3.8) is 0 Å². The zero-order chi connectivity index (χ0) is 21.0. The zero-order valence-corrected chi connectivity index (χ0v) is 17.7. The Morgan fingerprint density at radius 3 is 1.66 bits per heavy atom. The Bertz CT molecular complexity index is 988. The van der Waals surface area contributed by atoms with E-state index in [1.165, 1.54) is 4.31 Å². The molecule has 0 bridgehead atoms. The topological polar surface area (TPSA) is 81.9 Å². The maximum absolute atomic E-state index is 13.5. The van der Waals surface area contributed by atoms with Crippen molar-refractivity contribution in [3.8, 4) is 11.5 Å². The Kier molecular flexibility index (Phi) is 6.24. The van der Waals surface area contributed by atoms with Crippen LogP contribution in [-0.4, -0.2) is 32.1 Å². The van der Waals surface area contributed by atoms with Crippen molar-refractivity contribution in [2.75, 3.05) is 14.2 Å². The predicted octanol–water partition coefficient (Wildman–Crippen LogP) is 3.70. The third kappa shape index (κ3) is 4.60. The van der Waals surface area contributed by atoms with Gasteiger partial charge in [-0.05, 0) is 49.2 Å². The lowest BCUT2D eigenvalue weighted by Gasteiger charge is -2.22. The Hall–Kier alpha value is -2.84. The number of aryl methyl sites for hydroxylation is 2. The van der Waals surface area contributed by atoms with E-state index in [9.17, 15) is 8.42 Å². The molecule has 0 radical (unpaired) electrons.